The molecule has 2 aromatic carbocycles. The van der Waals surface area contributed by atoms with Crippen molar-refractivity contribution < 1.29 is 0 Å². The van der Waals surface area contributed by atoms with Gasteiger partial charge in [0.1, 0.15) is 0 Å². The highest BCUT2D eigenvalue weighted by Crippen LogP contribution is 2.19. The molecule has 2 nitrogen and oxygen atoms in total. The van der Waals surface area contributed by atoms with Crippen LogP contribution in [0.4, 0.5) is 0 Å². The molecule has 0 aliphatic carbocycles. The molecule has 0 aromatic heterocycles. The van der Waals surface area contributed by atoms with E-state index in [1.54, 1.807) is 0 Å². The maximum Gasteiger partial charge on any atom is 0.0551 e. The van der Waals surface area contributed by atoms with E-state index in [-0.39, 0.29) is 6.04 Å². The van der Waals surface area contributed by atoms with Gasteiger partial charge in [0.2, 0.25) is 0 Å². The average molecular weight is 240 g/mol. The minimum atomic E-state index is -0.0420. The molecule has 94 valence electrons. The van der Waals surface area contributed by atoms with Crippen molar-refractivity contribution in [2.75, 3.05) is 14.1 Å². The van der Waals surface area contributed by atoms with Crippen LogP contribution in [-0.4, -0.2) is 19.0 Å². The van der Waals surface area contributed by atoms with Gasteiger partial charge in [-0.3, -0.25) is 0 Å². The van der Waals surface area contributed by atoms with E-state index >= 15 is 0 Å². The third-order valence-electron chi connectivity index (χ3n) is 3.00. The molecule has 18 heavy (non-hydrogen) atoms. The summed E-state index contributed by atoms with van der Waals surface area (Å²) in [5.74, 6) is 0. The Morgan fingerprint density at radius 1 is 0.889 bits per heavy atom. The van der Waals surface area contributed by atoms with Gasteiger partial charge in [0.25, 0.3) is 0 Å². The molecule has 0 spiro atoms. The number of hydrogen-bond acceptors (Lipinski definition) is 2. The van der Waals surface area contributed by atoms with Crippen molar-refractivity contribution in [3.63, 3.8) is 0 Å². The first-order valence-corrected chi connectivity index (χ1v) is 6.21. The topological polar surface area (TPSA) is 29.3 Å². The van der Waals surface area contributed by atoms with E-state index in [1.165, 1.54) is 5.56 Å². The summed E-state index contributed by atoms with van der Waals surface area (Å²) in [5.41, 5.74) is 9.87. The SMILES string of the molecule is CN(C)Cc1ccc(C(N)c2ccccc2)cc1. The maximum atomic E-state index is 6.26. The summed E-state index contributed by atoms with van der Waals surface area (Å²) in [4.78, 5) is 2.16. The zero-order chi connectivity index (χ0) is 13.0. The second-order valence-corrected chi connectivity index (χ2v) is 4.87. The molecule has 0 amide bonds. The molecule has 0 fully saturated rings. The Bertz CT molecular complexity index is 474. The Hall–Kier alpha value is -1.64. The minimum absolute atomic E-state index is 0.0420. The lowest BCUT2D eigenvalue weighted by Crippen LogP contribution is -2.13. The molecule has 0 aliphatic rings. The van der Waals surface area contributed by atoms with E-state index in [0.717, 1.165) is 17.7 Å². The summed E-state index contributed by atoms with van der Waals surface area (Å²) < 4.78 is 0. The Morgan fingerprint density at radius 3 is 2.00 bits per heavy atom. The van der Waals surface area contributed by atoms with Gasteiger partial charge >= 0.3 is 0 Å². The summed E-state index contributed by atoms with van der Waals surface area (Å²) in [6.07, 6.45) is 0. The molecule has 0 bridgehead atoms. The van der Waals surface area contributed by atoms with Crippen molar-refractivity contribution in [3.8, 4) is 0 Å². The minimum Gasteiger partial charge on any atom is -0.320 e. The van der Waals surface area contributed by atoms with E-state index in [9.17, 15) is 0 Å². The molecule has 1 unspecified atom stereocenters. The average Bonchev–Trinajstić information content (AvgIpc) is 2.39. The molecule has 0 aliphatic heterocycles. The number of nitrogens with two attached hydrogens (primary N) is 1. The number of hydrogen-bond donors (Lipinski definition) is 1. The van der Waals surface area contributed by atoms with Gasteiger partial charge in [-0.25, -0.2) is 0 Å². The van der Waals surface area contributed by atoms with E-state index < -0.39 is 0 Å². The van der Waals surface area contributed by atoms with Crippen LogP contribution < -0.4 is 5.73 Å². The van der Waals surface area contributed by atoms with E-state index in [4.69, 9.17) is 5.73 Å². The fourth-order valence-corrected chi connectivity index (χ4v) is 2.05. The Balaban J connectivity index is 2.14. The van der Waals surface area contributed by atoms with Crippen LogP contribution in [0.1, 0.15) is 22.7 Å². The predicted octanol–water partition coefficient (Wildman–Crippen LogP) is 2.80. The van der Waals surface area contributed by atoms with Crippen LogP contribution in [0, 0.1) is 0 Å². The summed E-state index contributed by atoms with van der Waals surface area (Å²) >= 11 is 0. The molecule has 2 rings (SSSR count). The first kappa shape index (κ1) is 12.8. The van der Waals surface area contributed by atoms with Crippen LogP contribution in [0.5, 0.6) is 0 Å². The highest BCUT2D eigenvalue weighted by molar-refractivity contribution is 5.32. The zero-order valence-corrected chi connectivity index (χ0v) is 11.0. The first-order valence-electron chi connectivity index (χ1n) is 6.21. The predicted molar refractivity (Wildman–Crippen MR) is 76.3 cm³/mol. The second kappa shape index (κ2) is 5.80. The van der Waals surface area contributed by atoms with Crippen molar-refractivity contribution in [2.24, 2.45) is 5.73 Å². The monoisotopic (exact) mass is 240 g/mol. The standard InChI is InChI=1S/C16H20N2/c1-18(2)12-13-8-10-15(11-9-13)16(17)14-6-4-3-5-7-14/h3-11,16H,12,17H2,1-2H3. The van der Waals surface area contributed by atoms with Crippen LogP contribution >= 0.6 is 0 Å². The van der Waals surface area contributed by atoms with Crippen LogP contribution in [0.2, 0.25) is 0 Å². The normalized spacial score (nSPS) is 12.7. The highest BCUT2D eigenvalue weighted by Gasteiger charge is 2.07. The molecule has 1 atom stereocenters. The van der Waals surface area contributed by atoms with Gasteiger partial charge in [-0.05, 0) is 30.8 Å². The van der Waals surface area contributed by atoms with Crippen molar-refractivity contribution in [1.82, 2.24) is 4.90 Å². The van der Waals surface area contributed by atoms with Crippen molar-refractivity contribution >= 4 is 0 Å². The quantitative estimate of drug-likeness (QED) is 0.890. The molecule has 0 heterocycles. The molecule has 2 heteroatoms. The lowest BCUT2D eigenvalue weighted by molar-refractivity contribution is 0.402. The van der Waals surface area contributed by atoms with Gasteiger partial charge in [-0.2, -0.15) is 0 Å². The molecule has 0 saturated heterocycles. The van der Waals surface area contributed by atoms with Crippen LogP contribution in [-0.2, 0) is 6.54 Å². The lowest BCUT2D eigenvalue weighted by Gasteiger charge is -2.14. The van der Waals surface area contributed by atoms with E-state index in [1.807, 2.05) is 18.2 Å². The smallest absolute Gasteiger partial charge is 0.0551 e. The lowest BCUT2D eigenvalue weighted by atomic mass is 9.98. The highest BCUT2D eigenvalue weighted by atomic mass is 15.0. The molecule has 0 saturated carbocycles. The van der Waals surface area contributed by atoms with Gasteiger partial charge in [0.05, 0.1) is 6.04 Å². The van der Waals surface area contributed by atoms with E-state index in [0.29, 0.717) is 0 Å². The van der Waals surface area contributed by atoms with Gasteiger partial charge in [0, 0.05) is 6.54 Å². The molecule has 2 aromatic rings. The van der Waals surface area contributed by atoms with Crippen LogP contribution in [0.15, 0.2) is 54.6 Å². The third-order valence-corrected chi connectivity index (χ3v) is 3.00. The second-order valence-electron chi connectivity index (χ2n) is 4.87. The summed E-state index contributed by atoms with van der Waals surface area (Å²) in [6, 6.07) is 18.7. The van der Waals surface area contributed by atoms with Gasteiger partial charge in [-0.1, -0.05) is 54.6 Å². The number of benzene rings is 2. The van der Waals surface area contributed by atoms with Gasteiger partial charge < -0.3 is 10.6 Å². The largest absolute Gasteiger partial charge is 0.320 e. The van der Waals surface area contributed by atoms with Crippen molar-refractivity contribution in [2.45, 2.75) is 12.6 Å². The van der Waals surface area contributed by atoms with Crippen LogP contribution in [0.25, 0.3) is 0 Å². The number of rotatable bonds is 4. The summed E-state index contributed by atoms with van der Waals surface area (Å²) in [6.45, 7) is 0.959. The summed E-state index contributed by atoms with van der Waals surface area (Å²) in [5, 5.41) is 0. The Morgan fingerprint density at radius 2 is 1.44 bits per heavy atom. The Kier molecular flexibility index (Phi) is 4.13. The first-order chi connectivity index (χ1) is 8.66. The molecular formula is C16H20N2. The number of nitrogens with zero attached hydrogens (tertiary/aromatic N) is 1. The molecular weight excluding hydrogens is 220 g/mol. The Labute approximate surface area is 109 Å². The van der Waals surface area contributed by atoms with Crippen molar-refractivity contribution in [1.29, 1.82) is 0 Å². The fraction of sp³-hybridized carbons (Fsp3) is 0.250. The molecule has 0 radical (unpaired) electrons. The molecule has 2 N–H and O–H groups in total. The summed E-state index contributed by atoms with van der Waals surface area (Å²) in [7, 11) is 4.15. The van der Waals surface area contributed by atoms with Gasteiger partial charge in [-0.15, -0.1) is 0 Å². The van der Waals surface area contributed by atoms with Gasteiger partial charge in [0.15, 0.2) is 0 Å². The van der Waals surface area contributed by atoms with E-state index in [2.05, 4.69) is 55.4 Å². The third kappa shape index (κ3) is 3.19. The van der Waals surface area contributed by atoms with Crippen LogP contribution in [0.3, 0.4) is 0 Å². The fourth-order valence-electron chi connectivity index (χ4n) is 2.05. The zero-order valence-electron chi connectivity index (χ0n) is 11.0. The van der Waals surface area contributed by atoms with Crippen molar-refractivity contribution in [3.05, 3.63) is 71.3 Å². The maximum absolute atomic E-state index is 6.26.